The number of aromatic nitrogens is 3. The summed E-state index contributed by atoms with van der Waals surface area (Å²) in [5.41, 5.74) is 1.21. The lowest BCUT2D eigenvalue weighted by atomic mass is 10.2. The minimum absolute atomic E-state index is 0.675. The molecule has 1 N–H and O–H groups in total. The molecule has 0 radical (unpaired) electrons. The summed E-state index contributed by atoms with van der Waals surface area (Å²) >= 11 is 0. The topological polar surface area (TPSA) is 76.8 Å². The maximum atomic E-state index is 5.53. The number of hydrogen-bond acceptors (Lipinski definition) is 5. The Morgan fingerprint density at radius 3 is 2.67 bits per heavy atom. The number of guanidine groups is 1. The van der Waals surface area contributed by atoms with Gasteiger partial charge in [-0.1, -0.05) is 19.1 Å². The first-order valence-corrected chi connectivity index (χ1v) is 10.8. The van der Waals surface area contributed by atoms with Crippen molar-refractivity contribution >= 4 is 5.96 Å². The molecule has 0 aliphatic heterocycles. The Hall–Kier alpha value is -2.61. The Kier molecular flexibility index (Phi) is 10.7. The van der Waals surface area contributed by atoms with Gasteiger partial charge in [0.25, 0.3) is 0 Å². The van der Waals surface area contributed by atoms with Crippen molar-refractivity contribution in [3.63, 3.8) is 0 Å². The van der Waals surface area contributed by atoms with Crippen LogP contribution in [0.2, 0.25) is 0 Å². The van der Waals surface area contributed by atoms with Crippen LogP contribution in [0.25, 0.3) is 0 Å². The molecule has 0 saturated carbocycles. The van der Waals surface area contributed by atoms with Crippen molar-refractivity contribution in [2.24, 2.45) is 4.99 Å². The van der Waals surface area contributed by atoms with Gasteiger partial charge in [0.05, 0.1) is 6.61 Å². The van der Waals surface area contributed by atoms with Gasteiger partial charge >= 0.3 is 0 Å². The standard InChI is InChI=1S/C22H36N6O2/c1-5-21-26-25-18-28(21)15-14-24-22(23-13-8-16-29-6-2)27(4)17-19-9-11-20(12-10-19)30-7-3/h9-12,18H,5-8,13-17H2,1-4H3,(H,23,24). The number of nitrogens with zero attached hydrogens (tertiary/aromatic N) is 5. The third-order valence-corrected chi connectivity index (χ3v) is 4.58. The van der Waals surface area contributed by atoms with Crippen LogP contribution in [-0.2, 0) is 24.2 Å². The lowest BCUT2D eigenvalue weighted by Crippen LogP contribution is -2.40. The summed E-state index contributed by atoms with van der Waals surface area (Å²) in [4.78, 5) is 6.93. The summed E-state index contributed by atoms with van der Waals surface area (Å²) in [5.74, 6) is 2.77. The smallest absolute Gasteiger partial charge is 0.194 e. The molecular weight excluding hydrogens is 380 g/mol. The quantitative estimate of drug-likeness (QED) is 0.307. The number of aliphatic imine (C=N–C) groups is 1. The van der Waals surface area contributed by atoms with E-state index in [2.05, 4.69) is 51.1 Å². The van der Waals surface area contributed by atoms with E-state index in [1.165, 1.54) is 5.56 Å². The Morgan fingerprint density at radius 1 is 1.17 bits per heavy atom. The van der Waals surface area contributed by atoms with E-state index >= 15 is 0 Å². The van der Waals surface area contributed by atoms with Gasteiger partial charge in [-0.25, -0.2) is 0 Å². The molecule has 0 unspecified atom stereocenters. The second-order valence-corrected chi connectivity index (χ2v) is 6.91. The summed E-state index contributed by atoms with van der Waals surface area (Å²) in [7, 11) is 2.06. The largest absolute Gasteiger partial charge is 0.494 e. The number of benzene rings is 1. The van der Waals surface area contributed by atoms with E-state index < -0.39 is 0 Å². The van der Waals surface area contributed by atoms with Gasteiger partial charge in [-0.15, -0.1) is 10.2 Å². The van der Waals surface area contributed by atoms with Crippen LogP contribution in [0.15, 0.2) is 35.6 Å². The van der Waals surface area contributed by atoms with Crippen LogP contribution in [0.1, 0.15) is 38.6 Å². The monoisotopic (exact) mass is 416 g/mol. The zero-order chi connectivity index (χ0) is 21.6. The van der Waals surface area contributed by atoms with Crippen LogP contribution < -0.4 is 10.1 Å². The van der Waals surface area contributed by atoms with Gasteiger partial charge in [-0.05, 0) is 38.0 Å². The van der Waals surface area contributed by atoms with E-state index in [0.29, 0.717) is 6.61 Å². The van der Waals surface area contributed by atoms with E-state index in [9.17, 15) is 0 Å². The molecular formula is C22H36N6O2. The molecule has 0 bridgehead atoms. The molecule has 2 rings (SSSR count). The summed E-state index contributed by atoms with van der Waals surface area (Å²) in [6.07, 6.45) is 3.56. The Balaban J connectivity index is 1.95. The third kappa shape index (κ3) is 8.02. The van der Waals surface area contributed by atoms with Crippen LogP contribution in [0.3, 0.4) is 0 Å². The van der Waals surface area contributed by atoms with Gasteiger partial charge in [0, 0.05) is 52.9 Å². The highest BCUT2D eigenvalue weighted by atomic mass is 16.5. The Bertz CT molecular complexity index is 744. The Labute approximate surface area is 180 Å². The van der Waals surface area contributed by atoms with Crippen LogP contribution in [0.4, 0.5) is 0 Å². The van der Waals surface area contributed by atoms with E-state index in [4.69, 9.17) is 14.5 Å². The highest BCUT2D eigenvalue weighted by Crippen LogP contribution is 2.13. The number of aryl methyl sites for hydroxylation is 1. The average Bonchev–Trinajstić information content (AvgIpc) is 3.21. The molecule has 0 saturated heterocycles. The van der Waals surface area contributed by atoms with Gasteiger partial charge in [-0.2, -0.15) is 0 Å². The normalized spacial score (nSPS) is 11.5. The van der Waals surface area contributed by atoms with Crippen molar-refractivity contribution in [3.05, 3.63) is 42.0 Å². The minimum Gasteiger partial charge on any atom is -0.494 e. The molecule has 166 valence electrons. The van der Waals surface area contributed by atoms with Crippen LogP contribution in [-0.4, -0.2) is 65.6 Å². The van der Waals surface area contributed by atoms with Crippen LogP contribution >= 0.6 is 0 Å². The fourth-order valence-electron chi connectivity index (χ4n) is 3.04. The zero-order valence-corrected chi connectivity index (χ0v) is 18.8. The van der Waals surface area contributed by atoms with Gasteiger partial charge in [0.2, 0.25) is 0 Å². The van der Waals surface area contributed by atoms with Gasteiger partial charge in [0.1, 0.15) is 17.9 Å². The summed E-state index contributed by atoms with van der Waals surface area (Å²) < 4.78 is 13.0. The van der Waals surface area contributed by atoms with Crippen molar-refractivity contribution in [1.82, 2.24) is 25.0 Å². The van der Waals surface area contributed by atoms with Crippen molar-refractivity contribution in [2.45, 2.75) is 46.7 Å². The lowest BCUT2D eigenvalue weighted by Gasteiger charge is -2.23. The first-order chi connectivity index (χ1) is 14.7. The third-order valence-electron chi connectivity index (χ3n) is 4.58. The molecule has 30 heavy (non-hydrogen) atoms. The molecule has 2 aromatic rings. The van der Waals surface area contributed by atoms with E-state index in [1.54, 1.807) is 6.33 Å². The van der Waals surface area contributed by atoms with Gasteiger partial charge in [0.15, 0.2) is 5.96 Å². The fraction of sp³-hybridized carbons (Fsp3) is 0.591. The molecule has 0 atom stereocenters. The molecule has 0 fully saturated rings. The van der Waals surface area contributed by atoms with E-state index in [0.717, 1.165) is 69.8 Å². The van der Waals surface area contributed by atoms with Crippen molar-refractivity contribution in [2.75, 3.05) is 40.0 Å². The molecule has 0 spiro atoms. The summed E-state index contributed by atoms with van der Waals surface area (Å²) in [5, 5.41) is 11.6. The van der Waals surface area contributed by atoms with Crippen LogP contribution in [0.5, 0.6) is 5.75 Å². The zero-order valence-electron chi connectivity index (χ0n) is 18.8. The SMILES string of the molecule is CCOCCCN=C(NCCn1cnnc1CC)N(C)Cc1ccc(OCC)cc1. The highest BCUT2D eigenvalue weighted by molar-refractivity contribution is 5.79. The maximum absolute atomic E-state index is 5.53. The fourth-order valence-corrected chi connectivity index (χ4v) is 3.04. The second-order valence-electron chi connectivity index (χ2n) is 6.91. The molecule has 1 aromatic carbocycles. The number of rotatable bonds is 13. The lowest BCUT2D eigenvalue weighted by molar-refractivity contribution is 0.146. The summed E-state index contributed by atoms with van der Waals surface area (Å²) in [6, 6.07) is 8.21. The van der Waals surface area contributed by atoms with Crippen LogP contribution in [0, 0.1) is 0 Å². The maximum Gasteiger partial charge on any atom is 0.194 e. The van der Waals surface area contributed by atoms with E-state index in [1.807, 2.05) is 26.0 Å². The molecule has 0 amide bonds. The van der Waals surface area contributed by atoms with Gasteiger partial charge < -0.3 is 24.3 Å². The predicted octanol–water partition coefficient (Wildman–Crippen LogP) is 2.74. The molecule has 1 heterocycles. The molecule has 8 nitrogen and oxygen atoms in total. The summed E-state index contributed by atoms with van der Waals surface area (Å²) in [6.45, 7) is 11.3. The predicted molar refractivity (Wildman–Crippen MR) is 120 cm³/mol. The highest BCUT2D eigenvalue weighted by Gasteiger charge is 2.08. The first kappa shape index (κ1) is 23.7. The first-order valence-electron chi connectivity index (χ1n) is 10.8. The number of nitrogens with one attached hydrogen (secondary N) is 1. The Morgan fingerprint density at radius 2 is 1.97 bits per heavy atom. The van der Waals surface area contributed by atoms with E-state index in [-0.39, 0.29) is 0 Å². The minimum atomic E-state index is 0.675. The molecule has 0 aliphatic carbocycles. The van der Waals surface area contributed by atoms with Crippen molar-refractivity contribution in [1.29, 1.82) is 0 Å². The second kappa shape index (κ2) is 13.6. The number of ether oxygens (including phenoxy) is 2. The molecule has 8 heteroatoms. The number of hydrogen-bond donors (Lipinski definition) is 1. The molecule has 0 aliphatic rings. The average molecular weight is 417 g/mol. The molecule has 1 aromatic heterocycles. The van der Waals surface area contributed by atoms with Crippen molar-refractivity contribution in [3.8, 4) is 5.75 Å². The van der Waals surface area contributed by atoms with Gasteiger partial charge in [-0.3, -0.25) is 4.99 Å². The van der Waals surface area contributed by atoms with Crippen molar-refractivity contribution < 1.29 is 9.47 Å².